The third-order valence-electron chi connectivity index (χ3n) is 3.15. The van der Waals surface area contributed by atoms with Crippen LogP contribution >= 0.6 is 31.9 Å². The number of nitrogens with one attached hydrogen (secondary N) is 1. The van der Waals surface area contributed by atoms with Gasteiger partial charge in [0.2, 0.25) is 0 Å². The summed E-state index contributed by atoms with van der Waals surface area (Å²) >= 11 is 6.60. The second-order valence-corrected chi connectivity index (χ2v) is 6.42. The molecule has 6 nitrogen and oxygen atoms in total. The van der Waals surface area contributed by atoms with E-state index < -0.39 is 18.1 Å². The molecule has 1 aromatic carbocycles. The molecule has 2 N–H and O–H groups in total. The topological polar surface area (TPSA) is 88.5 Å². The Morgan fingerprint density at radius 2 is 1.92 bits per heavy atom. The van der Waals surface area contributed by atoms with E-state index in [0.29, 0.717) is 14.6 Å². The summed E-state index contributed by atoms with van der Waals surface area (Å²) in [7, 11) is 0. The van der Waals surface area contributed by atoms with Crippen LogP contribution in [0.15, 0.2) is 51.7 Å². The van der Waals surface area contributed by atoms with Gasteiger partial charge in [0.25, 0.3) is 0 Å². The monoisotopic (exact) mass is 456 g/mol. The average Bonchev–Trinajstić information content (AvgIpc) is 2.57. The first-order chi connectivity index (χ1) is 11.5. The molecule has 2 aromatic rings. The molecule has 126 valence electrons. The van der Waals surface area contributed by atoms with Crippen LogP contribution in [0.5, 0.6) is 0 Å². The Morgan fingerprint density at radius 1 is 1.21 bits per heavy atom. The molecule has 0 aliphatic heterocycles. The van der Waals surface area contributed by atoms with Crippen LogP contribution in [0.3, 0.4) is 0 Å². The molecule has 1 amide bonds. The zero-order valence-electron chi connectivity index (χ0n) is 12.4. The van der Waals surface area contributed by atoms with Crippen molar-refractivity contribution in [3.8, 4) is 0 Å². The second kappa shape index (κ2) is 8.79. The number of aromatic nitrogens is 1. The van der Waals surface area contributed by atoms with E-state index in [0.717, 1.165) is 5.56 Å². The van der Waals surface area contributed by atoms with E-state index >= 15 is 0 Å². The fourth-order valence-electron chi connectivity index (χ4n) is 1.94. The van der Waals surface area contributed by atoms with Crippen LogP contribution in [0, 0.1) is 0 Å². The maximum absolute atomic E-state index is 11.8. The fraction of sp³-hybridized carbons (Fsp3) is 0.188. The van der Waals surface area contributed by atoms with Crippen molar-refractivity contribution < 1.29 is 19.4 Å². The summed E-state index contributed by atoms with van der Waals surface area (Å²) in [5.41, 5.74) is 1.52. The fourth-order valence-corrected chi connectivity index (χ4v) is 2.71. The summed E-state index contributed by atoms with van der Waals surface area (Å²) < 4.78 is 6.27. The van der Waals surface area contributed by atoms with Crippen LogP contribution in [0.4, 0.5) is 4.79 Å². The van der Waals surface area contributed by atoms with E-state index in [1.807, 2.05) is 30.3 Å². The van der Waals surface area contributed by atoms with Gasteiger partial charge in [-0.25, -0.2) is 14.6 Å². The van der Waals surface area contributed by atoms with Crippen molar-refractivity contribution in [3.05, 3.63) is 62.8 Å². The number of ether oxygens (including phenoxy) is 1. The molecule has 0 bridgehead atoms. The van der Waals surface area contributed by atoms with E-state index in [9.17, 15) is 14.7 Å². The normalized spacial score (nSPS) is 11.6. The number of nitrogens with zero attached hydrogens (tertiary/aromatic N) is 1. The Labute approximate surface area is 155 Å². The summed E-state index contributed by atoms with van der Waals surface area (Å²) in [5, 5.41) is 11.7. The van der Waals surface area contributed by atoms with Crippen LogP contribution < -0.4 is 5.32 Å². The van der Waals surface area contributed by atoms with Gasteiger partial charge in [0.1, 0.15) is 17.3 Å². The molecule has 0 aliphatic rings. The Balaban J connectivity index is 1.96. The van der Waals surface area contributed by atoms with Gasteiger partial charge in [0.15, 0.2) is 0 Å². The maximum Gasteiger partial charge on any atom is 0.408 e. The number of hydrogen-bond donors (Lipinski definition) is 2. The number of amides is 1. The molecule has 2 rings (SSSR count). The van der Waals surface area contributed by atoms with Crippen LogP contribution in [-0.2, 0) is 22.6 Å². The Hall–Kier alpha value is -1.93. The molecule has 0 radical (unpaired) electrons. The first-order valence-electron chi connectivity index (χ1n) is 6.96. The van der Waals surface area contributed by atoms with E-state index in [1.165, 1.54) is 0 Å². The van der Waals surface area contributed by atoms with Crippen molar-refractivity contribution in [3.63, 3.8) is 0 Å². The Bertz CT molecular complexity index is 725. The van der Waals surface area contributed by atoms with Crippen LogP contribution in [-0.4, -0.2) is 28.2 Å². The lowest BCUT2D eigenvalue weighted by Gasteiger charge is -2.15. The van der Waals surface area contributed by atoms with Crippen LogP contribution in [0.25, 0.3) is 0 Å². The Morgan fingerprint density at radius 3 is 2.58 bits per heavy atom. The number of benzene rings is 1. The van der Waals surface area contributed by atoms with Gasteiger partial charge in [0, 0.05) is 12.6 Å². The SMILES string of the molecule is O=C(NC(Cc1ccnc(Br)c1Br)C(=O)O)OCc1ccccc1. The van der Waals surface area contributed by atoms with Crippen molar-refractivity contribution in [1.29, 1.82) is 0 Å². The minimum Gasteiger partial charge on any atom is -0.480 e. The van der Waals surface area contributed by atoms with Crippen LogP contribution in [0.2, 0.25) is 0 Å². The summed E-state index contributed by atoms with van der Waals surface area (Å²) in [6, 6.07) is 9.71. The maximum atomic E-state index is 11.8. The third kappa shape index (κ3) is 5.31. The predicted octanol–water partition coefficient (Wildman–Crippen LogP) is 3.53. The zero-order chi connectivity index (χ0) is 17.5. The van der Waals surface area contributed by atoms with Gasteiger partial charge >= 0.3 is 12.1 Å². The number of carbonyl (C=O) groups is 2. The lowest BCUT2D eigenvalue weighted by molar-refractivity contribution is -0.139. The number of halogens is 2. The molecule has 24 heavy (non-hydrogen) atoms. The molecule has 1 aromatic heterocycles. The molecule has 1 atom stereocenters. The highest BCUT2D eigenvalue weighted by molar-refractivity contribution is 9.13. The largest absolute Gasteiger partial charge is 0.480 e. The van der Waals surface area contributed by atoms with E-state index in [-0.39, 0.29) is 13.0 Å². The molecule has 0 fully saturated rings. The molecule has 0 saturated carbocycles. The summed E-state index contributed by atoms with van der Waals surface area (Å²) in [6.07, 6.45) is 0.865. The minimum absolute atomic E-state index is 0.0729. The summed E-state index contributed by atoms with van der Waals surface area (Å²) in [5.74, 6) is -1.15. The number of carboxylic acids is 1. The van der Waals surface area contributed by atoms with Gasteiger partial charge in [-0.1, -0.05) is 30.3 Å². The first kappa shape index (κ1) is 18.4. The number of carbonyl (C=O) groups excluding carboxylic acids is 1. The van der Waals surface area contributed by atoms with Gasteiger partial charge < -0.3 is 15.2 Å². The highest BCUT2D eigenvalue weighted by Crippen LogP contribution is 2.25. The number of pyridine rings is 1. The molecular weight excluding hydrogens is 444 g/mol. The number of aliphatic carboxylic acids is 1. The van der Waals surface area contributed by atoms with Gasteiger partial charge in [-0.3, -0.25) is 0 Å². The number of alkyl carbamates (subject to hydrolysis) is 1. The standard InChI is InChI=1S/C16H14Br2N2O4/c17-13-11(6-7-19-14(13)18)8-12(15(21)22)20-16(23)24-9-10-4-2-1-3-5-10/h1-7,12H,8-9H2,(H,20,23)(H,21,22). The smallest absolute Gasteiger partial charge is 0.408 e. The van der Waals surface area contributed by atoms with E-state index in [2.05, 4.69) is 42.2 Å². The Kier molecular flexibility index (Phi) is 6.74. The van der Waals surface area contributed by atoms with Gasteiger partial charge in [-0.2, -0.15) is 0 Å². The molecule has 1 unspecified atom stereocenters. The number of hydrogen-bond acceptors (Lipinski definition) is 4. The molecule has 8 heteroatoms. The quantitative estimate of drug-likeness (QED) is 0.647. The van der Waals surface area contributed by atoms with Crippen molar-refractivity contribution >= 4 is 43.9 Å². The third-order valence-corrected chi connectivity index (χ3v) is 5.17. The highest BCUT2D eigenvalue weighted by Gasteiger charge is 2.22. The molecule has 0 saturated heterocycles. The number of carboxylic acid groups (broad SMARTS) is 1. The molecular formula is C16H14Br2N2O4. The molecule has 0 spiro atoms. The lowest BCUT2D eigenvalue weighted by Crippen LogP contribution is -2.42. The molecule has 0 aliphatic carbocycles. The van der Waals surface area contributed by atoms with E-state index in [4.69, 9.17) is 4.74 Å². The van der Waals surface area contributed by atoms with Gasteiger partial charge in [-0.15, -0.1) is 0 Å². The van der Waals surface area contributed by atoms with Crippen molar-refractivity contribution in [1.82, 2.24) is 10.3 Å². The van der Waals surface area contributed by atoms with Crippen molar-refractivity contribution in [2.45, 2.75) is 19.1 Å². The van der Waals surface area contributed by atoms with Crippen LogP contribution in [0.1, 0.15) is 11.1 Å². The summed E-state index contributed by atoms with van der Waals surface area (Å²) in [6.45, 7) is 0.0729. The van der Waals surface area contributed by atoms with Gasteiger partial charge in [0.05, 0.1) is 4.47 Å². The first-order valence-corrected chi connectivity index (χ1v) is 8.55. The lowest BCUT2D eigenvalue weighted by atomic mass is 10.1. The predicted molar refractivity (Wildman–Crippen MR) is 94.5 cm³/mol. The van der Waals surface area contributed by atoms with Crippen molar-refractivity contribution in [2.75, 3.05) is 0 Å². The zero-order valence-corrected chi connectivity index (χ0v) is 15.6. The highest BCUT2D eigenvalue weighted by atomic mass is 79.9. The minimum atomic E-state index is -1.15. The number of rotatable bonds is 6. The van der Waals surface area contributed by atoms with Crippen molar-refractivity contribution in [2.24, 2.45) is 0 Å². The second-order valence-electron chi connectivity index (χ2n) is 4.88. The van der Waals surface area contributed by atoms with Gasteiger partial charge in [-0.05, 0) is 49.1 Å². The average molecular weight is 458 g/mol. The van der Waals surface area contributed by atoms with E-state index in [1.54, 1.807) is 12.3 Å². The summed E-state index contributed by atoms with van der Waals surface area (Å²) in [4.78, 5) is 27.3. The molecule has 1 heterocycles.